The summed E-state index contributed by atoms with van der Waals surface area (Å²) in [6, 6.07) is 14.9. The Hall–Kier alpha value is -3.15. The van der Waals surface area contributed by atoms with E-state index < -0.39 is 22.8 Å². The van der Waals surface area contributed by atoms with Gasteiger partial charge in [-0.3, -0.25) is 9.36 Å². The molecular formula is C25H29IN4O5. The molecular weight excluding hydrogens is 563 g/mol. The Labute approximate surface area is 216 Å². The molecule has 0 fully saturated rings. The number of rotatable bonds is 10. The summed E-state index contributed by atoms with van der Waals surface area (Å²) in [5, 5.41) is 12.6. The highest BCUT2D eigenvalue weighted by atomic mass is 127. The van der Waals surface area contributed by atoms with Crippen LogP contribution in [-0.2, 0) is 22.3 Å². The van der Waals surface area contributed by atoms with E-state index in [1.54, 1.807) is 24.3 Å². The maximum Gasteiger partial charge on any atom is 0.354 e. The van der Waals surface area contributed by atoms with Crippen molar-refractivity contribution in [2.24, 2.45) is 5.41 Å². The van der Waals surface area contributed by atoms with Crippen LogP contribution in [0.15, 0.2) is 58.1 Å². The van der Waals surface area contributed by atoms with Crippen molar-refractivity contribution >= 4 is 40.2 Å². The molecule has 0 saturated heterocycles. The number of nitrogens with zero attached hydrogens (tertiary/aromatic N) is 3. The van der Waals surface area contributed by atoms with Crippen LogP contribution >= 0.6 is 22.6 Å². The molecule has 0 saturated carbocycles. The number of hydrogen-bond acceptors (Lipinski definition) is 6. The summed E-state index contributed by atoms with van der Waals surface area (Å²) in [5.41, 5.74) is -0.178. The summed E-state index contributed by atoms with van der Waals surface area (Å²) in [5.74, 6) is -0.354. The highest BCUT2D eigenvalue weighted by Crippen LogP contribution is 2.20. The highest BCUT2D eigenvalue weighted by Gasteiger charge is 2.30. The minimum Gasteiger partial charge on any atom is -0.491 e. The minimum atomic E-state index is -1.33. The molecule has 2 aromatic carbocycles. The van der Waals surface area contributed by atoms with Gasteiger partial charge >= 0.3 is 17.3 Å². The number of carbonyl (C=O) groups is 1. The maximum atomic E-state index is 13.4. The lowest BCUT2D eigenvalue weighted by atomic mass is 9.94. The Bertz CT molecular complexity index is 1300. The Morgan fingerprint density at radius 1 is 1.06 bits per heavy atom. The lowest BCUT2D eigenvalue weighted by molar-refractivity contribution is -0.147. The Kier molecular flexibility index (Phi) is 8.36. The smallest absolute Gasteiger partial charge is 0.354 e. The Morgan fingerprint density at radius 3 is 2.20 bits per heavy atom. The van der Waals surface area contributed by atoms with Crippen LogP contribution in [0, 0.1) is 5.41 Å². The maximum absolute atomic E-state index is 13.4. The predicted octanol–water partition coefficient (Wildman–Crippen LogP) is 4.03. The molecule has 1 heterocycles. The number of anilines is 2. The third kappa shape index (κ3) is 6.71. The van der Waals surface area contributed by atoms with Crippen molar-refractivity contribution in [3.63, 3.8) is 0 Å². The molecule has 35 heavy (non-hydrogen) atoms. The van der Waals surface area contributed by atoms with E-state index in [9.17, 15) is 19.5 Å². The fraction of sp³-hybridized carbons (Fsp3) is 0.360. The quantitative estimate of drug-likeness (QED) is 0.270. The van der Waals surface area contributed by atoms with E-state index in [1.165, 1.54) is 18.4 Å². The molecule has 9 nitrogen and oxygen atoms in total. The zero-order valence-corrected chi connectivity index (χ0v) is 22.3. The van der Waals surface area contributed by atoms with E-state index in [4.69, 9.17) is 4.74 Å². The molecule has 0 unspecified atom stereocenters. The van der Waals surface area contributed by atoms with Gasteiger partial charge in [0.2, 0.25) is 5.95 Å². The van der Waals surface area contributed by atoms with Gasteiger partial charge in [0.1, 0.15) is 5.75 Å². The van der Waals surface area contributed by atoms with Crippen molar-refractivity contribution in [2.45, 2.75) is 51.3 Å². The van der Waals surface area contributed by atoms with Crippen molar-refractivity contribution in [2.75, 3.05) is 5.32 Å². The molecule has 0 bridgehead atoms. The average molecular weight is 592 g/mol. The zero-order chi connectivity index (χ0) is 25.8. The van der Waals surface area contributed by atoms with Crippen molar-refractivity contribution in [3.8, 4) is 5.75 Å². The van der Waals surface area contributed by atoms with Crippen LogP contribution in [-0.4, -0.2) is 31.3 Å². The average Bonchev–Trinajstić information content (AvgIpc) is 2.80. The van der Waals surface area contributed by atoms with Crippen LogP contribution in [0.1, 0.15) is 38.8 Å². The zero-order valence-electron chi connectivity index (χ0n) is 20.1. The summed E-state index contributed by atoms with van der Waals surface area (Å²) in [4.78, 5) is 42.0. The standard InChI is InChI=1S/C25H29IN4O5/c1-16(2)35-20-11-9-19(10-12-20)27-22-28-23(33)30(15-25(3,4)21(31)32)24(34)29(22)14-18-7-5-17(13-26)6-8-18/h5-12,16H,13-15H2,1-4H3,(H,31,32)(H,27,28,33). The van der Waals surface area contributed by atoms with Crippen LogP contribution in [0.5, 0.6) is 5.75 Å². The number of carboxylic acids is 1. The predicted molar refractivity (Wildman–Crippen MR) is 143 cm³/mol. The van der Waals surface area contributed by atoms with Crippen molar-refractivity contribution in [1.82, 2.24) is 14.1 Å². The SMILES string of the molecule is CC(C)Oc1ccc(Nc2nc(=O)n(CC(C)(C)C(=O)O)c(=O)n2Cc2ccc(CI)cc2)cc1. The summed E-state index contributed by atoms with van der Waals surface area (Å²) >= 11 is 2.28. The van der Waals surface area contributed by atoms with Gasteiger partial charge in [0.15, 0.2) is 0 Å². The van der Waals surface area contributed by atoms with E-state index >= 15 is 0 Å². The van der Waals surface area contributed by atoms with Gasteiger partial charge in [0, 0.05) is 16.7 Å². The van der Waals surface area contributed by atoms with Crippen molar-refractivity contribution in [1.29, 1.82) is 0 Å². The van der Waals surface area contributed by atoms with Gasteiger partial charge in [0.25, 0.3) is 0 Å². The number of ether oxygens (including phenoxy) is 1. The topological polar surface area (TPSA) is 115 Å². The molecule has 1 aromatic heterocycles. The van der Waals surface area contributed by atoms with Gasteiger partial charge in [-0.15, -0.1) is 0 Å². The minimum absolute atomic E-state index is 0.0295. The first-order valence-electron chi connectivity index (χ1n) is 11.1. The van der Waals surface area contributed by atoms with Crippen LogP contribution in [0.4, 0.5) is 11.6 Å². The molecule has 3 aromatic rings. The van der Waals surface area contributed by atoms with Crippen LogP contribution in [0.2, 0.25) is 0 Å². The number of aromatic nitrogens is 3. The van der Waals surface area contributed by atoms with Gasteiger partial charge in [-0.25, -0.2) is 14.2 Å². The van der Waals surface area contributed by atoms with Crippen molar-refractivity contribution < 1.29 is 14.6 Å². The fourth-order valence-electron chi connectivity index (χ4n) is 3.30. The first-order chi connectivity index (χ1) is 16.5. The monoisotopic (exact) mass is 592 g/mol. The second-order valence-electron chi connectivity index (χ2n) is 9.13. The third-order valence-corrected chi connectivity index (χ3v) is 6.16. The van der Waals surface area contributed by atoms with Gasteiger partial charge in [-0.1, -0.05) is 46.9 Å². The Morgan fingerprint density at radius 2 is 1.66 bits per heavy atom. The van der Waals surface area contributed by atoms with E-state index in [2.05, 4.69) is 32.9 Å². The first-order valence-corrected chi connectivity index (χ1v) is 12.7. The molecule has 0 atom stereocenters. The highest BCUT2D eigenvalue weighted by molar-refractivity contribution is 14.1. The molecule has 0 radical (unpaired) electrons. The number of benzene rings is 2. The van der Waals surface area contributed by atoms with E-state index in [1.807, 2.05) is 38.1 Å². The van der Waals surface area contributed by atoms with Crippen LogP contribution in [0.25, 0.3) is 0 Å². The van der Waals surface area contributed by atoms with Crippen LogP contribution < -0.4 is 21.4 Å². The lowest BCUT2D eigenvalue weighted by Crippen LogP contribution is -2.46. The summed E-state index contributed by atoms with van der Waals surface area (Å²) in [6.45, 7) is 6.63. The van der Waals surface area contributed by atoms with Gasteiger partial charge in [-0.05, 0) is 63.1 Å². The molecule has 0 aliphatic heterocycles. The largest absolute Gasteiger partial charge is 0.491 e. The molecule has 2 N–H and O–H groups in total. The number of aliphatic carboxylic acids is 1. The normalized spacial score (nSPS) is 11.5. The lowest BCUT2D eigenvalue weighted by Gasteiger charge is -2.21. The fourth-order valence-corrected chi connectivity index (χ4v) is 3.81. The molecule has 0 aliphatic rings. The van der Waals surface area contributed by atoms with Gasteiger partial charge in [0.05, 0.1) is 18.1 Å². The number of carboxylic acid groups (broad SMARTS) is 1. The summed E-state index contributed by atoms with van der Waals surface area (Å²) < 4.78 is 8.74. The van der Waals surface area contributed by atoms with Gasteiger partial charge < -0.3 is 15.2 Å². The molecule has 10 heteroatoms. The summed E-state index contributed by atoms with van der Waals surface area (Å²) in [7, 11) is 0. The molecule has 0 amide bonds. The van der Waals surface area contributed by atoms with Crippen LogP contribution in [0.3, 0.4) is 0 Å². The molecule has 186 valence electrons. The second kappa shape index (κ2) is 11.1. The number of hydrogen-bond donors (Lipinski definition) is 2. The van der Waals surface area contributed by atoms with E-state index in [0.717, 1.165) is 20.1 Å². The molecule has 3 rings (SSSR count). The van der Waals surface area contributed by atoms with E-state index in [-0.39, 0.29) is 25.1 Å². The van der Waals surface area contributed by atoms with E-state index in [0.29, 0.717) is 11.4 Å². The first kappa shape index (κ1) is 26.5. The Balaban J connectivity index is 2.04. The number of alkyl halides is 1. The van der Waals surface area contributed by atoms with Gasteiger partial charge in [-0.2, -0.15) is 4.98 Å². The van der Waals surface area contributed by atoms with Crippen molar-refractivity contribution in [3.05, 3.63) is 80.6 Å². The second-order valence-corrected chi connectivity index (χ2v) is 9.89. The number of halogens is 1. The number of nitrogens with one attached hydrogen (secondary N) is 1. The molecule has 0 aliphatic carbocycles. The molecule has 0 spiro atoms. The third-order valence-electron chi connectivity index (χ3n) is 5.28. The summed E-state index contributed by atoms with van der Waals surface area (Å²) in [6.07, 6.45) is 0.0295.